The lowest BCUT2D eigenvalue weighted by Crippen LogP contribution is -2.16. The fourth-order valence-corrected chi connectivity index (χ4v) is 3.51. The molecule has 20 heavy (non-hydrogen) atoms. The highest BCUT2D eigenvalue weighted by Crippen LogP contribution is 2.43. The van der Waals surface area contributed by atoms with E-state index in [1.807, 2.05) is 25.2 Å². The normalized spacial score (nSPS) is 14.3. The first-order valence-electron chi connectivity index (χ1n) is 6.59. The summed E-state index contributed by atoms with van der Waals surface area (Å²) >= 11 is 5.06. The Bertz CT molecular complexity index is 637. The molecule has 0 N–H and O–H groups in total. The van der Waals surface area contributed by atoms with E-state index in [0.717, 1.165) is 45.8 Å². The van der Waals surface area contributed by atoms with Gasteiger partial charge in [0.2, 0.25) is 0 Å². The molecule has 0 spiro atoms. The van der Waals surface area contributed by atoms with Crippen molar-refractivity contribution >= 4 is 38.7 Å². The van der Waals surface area contributed by atoms with Crippen molar-refractivity contribution in [2.45, 2.75) is 25.3 Å². The van der Waals surface area contributed by atoms with Crippen molar-refractivity contribution in [2.75, 3.05) is 11.9 Å². The zero-order valence-corrected chi connectivity index (χ0v) is 13.6. The van der Waals surface area contributed by atoms with Crippen LogP contribution in [-0.4, -0.2) is 18.3 Å². The lowest BCUT2D eigenvalue weighted by Gasteiger charge is -2.16. The van der Waals surface area contributed by atoms with Crippen LogP contribution >= 0.6 is 27.3 Å². The van der Waals surface area contributed by atoms with E-state index in [1.54, 1.807) is 0 Å². The number of aromatic nitrogens is 1. The van der Waals surface area contributed by atoms with E-state index >= 15 is 0 Å². The fourth-order valence-electron chi connectivity index (χ4n) is 2.18. The van der Waals surface area contributed by atoms with E-state index in [2.05, 4.69) is 31.9 Å². The van der Waals surface area contributed by atoms with Crippen LogP contribution in [0.3, 0.4) is 0 Å². The van der Waals surface area contributed by atoms with Crippen LogP contribution in [0.15, 0.2) is 28.7 Å². The lowest BCUT2D eigenvalue weighted by molar-refractivity contribution is 0.112. The molecule has 1 aromatic carbocycles. The number of nitrogens with zero attached hydrogens (tertiary/aromatic N) is 2. The van der Waals surface area contributed by atoms with Crippen LogP contribution in [0.25, 0.3) is 0 Å². The van der Waals surface area contributed by atoms with E-state index in [1.165, 1.54) is 16.9 Å². The molecule has 0 aliphatic heterocycles. The molecule has 1 heterocycles. The quantitative estimate of drug-likeness (QED) is 0.756. The summed E-state index contributed by atoms with van der Waals surface area (Å²) in [6.07, 6.45) is 3.27. The van der Waals surface area contributed by atoms with E-state index < -0.39 is 0 Å². The van der Waals surface area contributed by atoms with Gasteiger partial charge < -0.3 is 4.90 Å². The summed E-state index contributed by atoms with van der Waals surface area (Å²) in [4.78, 5) is 18.7. The topological polar surface area (TPSA) is 33.2 Å². The zero-order valence-electron chi connectivity index (χ0n) is 11.2. The van der Waals surface area contributed by atoms with Gasteiger partial charge in [0.15, 0.2) is 11.4 Å². The van der Waals surface area contributed by atoms with Gasteiger partial charge in [0, 0.05) is 24.0 Å². The summed E-state index contributed by atoms with van der Waals surface area (Å²) in [5, 5.41) is 0.921. The summed E-state index contributed by atoms with van der Waals surface area (Å²) < 4.78 is 1.10. The van der Waals surface area contributed by atoms with E-state index in [9.17, 15) is 4.79 Å². The number of hydrogen-bond acceptors (Lipinski definition) is 4. The van der Waals surface area contributed by atoms with Gasteiger partial charge in [0.05, 0.1) is 10.6 Å². The molecule has 2 aromatic rings. The van der Waals surface area contributed by atoms with Gasteiger partial charge in [0.1, 0.15) is 0 Å². The Morgan fingerprint density at radius 1 is 1.45 bits per heavy atom. The number of hydrogen-bond donors (Lipinski definition) is 0. The van der Waals surface area contributed by atoms with Gasteiger partial charge in [-0.15, -0.1) is 0 Å². The van der Waals surface area contributed by atoms with E-state index in [0.29, 0.717) is 5.92 Å². The number of halogens is 1. The molecule has 0 amide bonds. The molecule has 1 aliphatic carbocycles. The molecule has 1 fully saturated rings. The third kappa shape index (κ3) is 2.79. The van der Waals surface area contributed by atoms with Crippen molar-refractivity contribution in [3.63, 3.8) is 0 Å². The van der Waals surface area contributed by atoms with E-state index in [4.69, 9.17) is 0 Å². The first kappa shape index (κ1) is 13.8. The summed E-state index contributed by atoms with van der Waals surface area (Å²) in [6, 6.07) is 8.17. The average Bonchev–Trinajstić information content (AvgIpc) is 3.20. The van der Waals surface area contributed by atoms with Crippen LogP contribution < -0.4 is 4.90 Å². The maximum atomic E-state index is 11.2. The van der Waals surface area contributed by atoms with Gasteiger partial charge in [-0.25, -0.2) is 4.98 Å². The highest BCUT2D eigenvalue weighted by molar-refractivity contribution is 9.10. The number of carbonyl (C=O) groups excluding carboxylic acids is 1. The van der Waals surface area contributed by atoms with E-state index in [-0.39, 0.29) is 0 Å². The summed E-state index contributed by atoms with van der Waals surface area (Å²) in [6.45, 7) is 0.775. The SMILES string of the molecule is CN(Cc1ccccc1Br)c1nc(C2CC2)c(C=O)s1. The number of benzene rings is 1. The minimum Gasteiger partial charge on any atom is -0.347 e. The second-order valence-corrected chi connectivity index (χ2v) is 6.95. The van der Waals surface area contributed by atoms with Crippen molar-refractivity contribution in [1.82, 2.24) is 4.98 Å². The molecule has 1 aliphatic rings. The third-order valence-electron chi connectivity index (χ3n) is 3.43. The molecule has 3 nitrogen and oxygen atoms in total. The Hall–Kier alpha value is -1.20. The standard InChI is InChI=1S/C15H15BrN2OS/c1-18(8-11-4-2-3-5-12(11)16)15-17-14(10-6-7-10)13(9-19)20-15/h2-5,9-10H,6-8H2,1H3. The molecule has 0 atom stereocenters. The second-order valence-electron chi connectivity index (χ2n) is 5.09. The Labute approximate surface area is 130 Å². The number of thiazole rings is 1. The van der Waals surface area contributed by atoms with Crippen molar-refractivity contribution in [3.05, 3.63) is 44.9 Å². The predicted molar refractivity (Wildman–Crippen MR) is 85.7 cm³/mol. The Morgan fingerprint density at radius 3 is 2.85 bits per heavy atom. The van der Waals surface area contributed by atoms with Crippen molar-refractivity contribution in [2.24, 2.45) is 0 Å². The zero-order chi connectivity index (χ0) is 14.1. The molecule has 0 unspecified atom stereocenters. The molecular formula is C15H15BrN2OS. The minimum atomic E-state index is 0.511. The average molecular weight is 351 g/mol. The molecule has 5 heteroatoms. The van der Waals surface area contributed by atoms with Crippen LogP contribution in [0.1, 0.15) is 39.7 Å². The van der Waals surface area contributed by atoms with Crippen LogP contribution in [0, 0.1) is 0 Å². The van der Waals surface area contributed by atoms with Gasteiger partial charge >= 0.3 is 0 Å². The molecule has 104 valence electrons. The van der Waals surface area contributed by atoms with Crippen LogP contribution in [0.2, 0.25) is 0 Å². The van der Waals surface area contributed by atoms with Gasteiger partial charge in [-0.1, -0.05) is 45.5 Å². The first-order chi connectivity index (χ1) is 9.69. The molecule has 0 saturated heterocycles. The molecule has 3 rings (SSSR count). The van der Waals surface area contributed by atoms with Gasteiger partial charge in [-0.3, -0.25) is 4.79 Å². The number of rotatable bonds is 5. The maximum Gasteiger partial charge on any atom is 0.186 e. The molecular weight excluding hydrogens is 336 g/mol. The lowest BCUT2D eigenvalue weighted by atomic mass is 10.2. The van der Waals surface area contributed by atoms with Gasteiger partial charge in [-0.05, 0) is 24.5 Å². The monoisotopic (exact) mass is 350 g/mol. The number of anilines is 1. The highest BCUT2D eigenvalue weighted by atomic mass is 79.9. The van der Waals surface area contributed by atoms with Gasteiger partial charge in [0.25, 0.3) is 0 Å². The summed E-state index contributed by atoms with van der Waals surface area (Å²) in [7, 11) is 2.02. The molecule has 0 bridgehead atoms. The second kappa shape index (κ2) is 5.66. The van der Waals surface area contributed by atoms with Gasteiger partial charge in [-0.2, -0.15) is 0 Å². The largest absolute Gasteiger partial charge is 0.347 e. The number of aldehydes is 1. The van der Waals surface area contributed by atoms with Crippen molar-refractivity contribution in [1.29, 1.82) is 0 Å². The van der Waals surface area contributed by atoms with Crippen LogP contribution in [0.5, 0.6) is 0 Å². The fraction of sp³-hybridized carbons (Fsp3) is 0.333. The Morgan fingerprint density at radius 2 is 2.20 bits per heavy atom. The highest BCUT2D eigenvalue weighted by Gasteiger charge is 2.30. The predicted octanol–water partition coefficient (Wildman–Crippen LogP) is 4.23. The Balaban J connectivity index is 1.82. The van der Waals surface area contributed by atoms with Crippen LogP contribution in [-0.2, 0) is 6.54 Å². The molecule has 1 aromatic heterocycles. The summed E-state index contributed by atoms with van der Waals surface area (Å²) in [5.74, 6) is 0.511. The van der Waals surface area contributed by atoms with Crippen molar-refractivity contribution < 1.29 is 4.79 Å². The molecule has 1 saturated carbocycles. The Kier molecular flexibility index (Phi) is 3.89. The maximum absolute atomic E-state index is 11.2. The third-order valence-corrected chi connectivity index (χ3v) is 5.32. The first-order valence-corrected chi connectivity index (χ1v) is 8.20. The smallest absolute Gasteiger partial charge is 0.186 e. The number of carbonyl (C=O) groups is 1. The van der Waals surface area contributed by atoms with Crippen molar-refractivity contribution in [3.8, 4) is 0 Å². The minimum absolute atomic E-state index is 0.511. The van der Waals surface area contributed by atoms with Crippen LogP contribution in [0.4, 0.5) is 5.13 Å². The molecule has 0 radical (unpaired) electrons. The summed E-state index contributed by atoms with van der Waals surface area (Å²) in [5.41, 5.74) is 2.21.